The fourth-order valence-electron chi connectivity index (χ4n) is 3.17. The quantitative estimate of drug-likeness (QED) is 0.821. The highest BCUT2D eigenvalue weighted by molar-refractivity contribution is 7.10. The van der Waals surface area contributed by atoms with Crippen LogP contribution in [0, 0.1) is 5.92 Å². The van der Waals surface area contributed by atoms with Crippen LogP contribution in [0.1, 0.15) is 70.3 Å². The summed E-state index contributed by atoms with van der Waals surface area (Å²) in [5.41, 5.74) is -0.534. The number of amides is 1. The van der Waals surface area contributed by atoms with Crippen molar-refractivity contribution >= 4 is 17.4 Å². The van der Waals surface area contributed by atoms with Gasteiger partial charge in [0.25, 0.3) is 0 Å². The SMILES string of the molecule is CC(C)(C)OC(=O)N[C@@H](CC1CCCCC1)[C@@H](O)c1cccs1. The van der Waals surface area contributed by atoms with Gasteiger partial charge in [0.05, 0.1) is 6.04 Å². The van der Waals surface area contributed by atoms with Crippen LogP contribution < -0.4 is 5.32 Å². The lowest BCUT2D eigenvalue weighted by Gasteiger charge is -2.30. The van der Waals surface area contributed by atoms with E-state index in [9.17, 15) is 9.90 Å². The molecule has 130 valence electrons. The number of carbonyl (C=O) groups excluding carboxylic acids is 1. The van der Waals surface area contributed by atoms with Gasteiger partial charge in [-0.1, -0.05) is 38.2 Å². The first-order valence-corrected chi connectivity index (χ1v) is 9.44. The van der Waals surface area contributed by atoms with Gasteiger partial charge in [-0.2, -0.15) is 0 Å². The molecule has 1 amide bonds. The zero-order valence-corrected chi connectivity index (χ0v) is 15.2. The Bertz CT molecular complexity index is 475. The van der Waals surface area contributed by atoms with Crippen LogP contribution in [-0.2, 0) is 4.74 Å². The van der Waals surface area contributed by atoms with Gasteiger partial charge < -0.3 is 15.2 Å². The zero-order chi connectivity index (χ0) is 16.9. The van der Waals surface area contributed by atoms with Crippen molar-refractivity contribution in [3.05, 3.63) is 22.4 Å². The van der Waals surface area contributed by atoms with Crippen LogP contribution >= 0.6 is 11.3 Å². The standard InChI is InChI=1S/C18H29NO3S/c1-18(2,3)22-17(21)19-14(12-13-8-5-4-6-9-13)16(20)15-10-7-11-23-15/h7,10-11,13-14,16,20H,4-6,8-9,12H2,1-3H3,(H,19,21)/t14-,16+/m0/s1. The van der Waals surface area contributed by atoms with Crippen LogP contribution in [0.25, 0.3) is 0 Å². The molecule has 0 spiro atoms. The molecule has 2 rings (SSSR count). The van der Waals surface area contributed by atoms with Crippen molar-refractivity contribution in [2.45, 2.75) is 77.0 Å². The van der Waals surface area contributed by atoms with E-state index in [1.54, 1.807) is 0 Å². The molecular formula is C18H29NO3S. The lowest BCUT2D eigenvalue weighted by atomic mass is 9.83. The normalized spacial score (nSPS) is 19.1. The molecule has 0 unspecified atom stereocenters. The number of aliphatic hydroxyl groups is 1. The molecule has 2 N–H and O–H groups in total. The predicted molar refractivity (Wildman–Crippen MR) is 93.6 cm³/mol. The van der Waals surface area contributed by atoms with Crippen LogP contribution in [0.5, 0.6) is 0 Å². The average molecular weight is 340 g/mol. The summed E-state index contributed by atoms with van der Waals surface area (Å²) in [7, 11) is 0. The number of nitrogens with one attached hydrogen (secondary N) is 1. The van der Waals surface area contributed by atoms with Crippen molar-refractivity contribution in [2.75, 3.05) is 0 Å². The summed E-state index contributed by atoms with van der Waals surface area (Å²) < 4.78 is 5.37. The Morgan fingerprint density at radius 3 is 2.65 bits per heavy atom. The van der Waals surface area contributed by atoms with Crippen LogP contribution in [0.3, 0.4) is 0 Å². The zero-order valence-electron chi connectivity index (χ0n) is 14.4. The van der Waals surface area contributed by atoms with Crippen molar-refractivity contribution in [1.29, 1.82) is 0 Å². The van der Waals surface area contributed by atoms with E-state index in [4.69, 9.17) is 4.74 Å². The van der Waals surface area contributed by atoms with Gasteiger partial charge in [-0.05, 0) is 44.6 Å². The Balaban J connectivity index is 2.02. The van der Waals surface area contributed by atoms with E-state index < -0.39 is 17.8 Å². The van der Waals surface area contributed by atoms with Crippen LogP contribution in [0.4, 0.5) is 4.79 Å². The maximum Gasteiger partial charge on any atom is 0.407 e. The second-order valence-corrected chi connectivity index (χ2v) is 8.43. The largest absolute Gasteiger partial charge is 0.444 e. The van der Waals surface area contributed by atoms with Crippen LogP contribution in [0.2, 0.25) is 0 Å². The topological polar surface area (TPSA) is 58.6 Å². The predicted octanol–water partition coefficient (Wildman–Crippen LogP) is 4.65. The molecule has 0 saturated heterocycles. The van der Waals surface area contributed by atoms with Gasteiger partial charge in [-0.15, -0.1) is 11.3 Å². The highest BCUT2D eigenvalue weighted by atomic mass is 32.1. The number of alkyl carbamates (subject to hydrolysis) is 1. The third-order valence-corrected chi connectivity index (χ3v) is 5.17. The number of hydrogen-bond acceptors (Lipinski definition) is 4. The molecule has 0 radical (unpaired) electrons. The van der Waals surface area contributed by atoms with Crippen LogP contribution in [-0.4, -0.2) is 22.8 Å². The van der Waals surface area contributed by atoms with Gasteiger partial charge in [-0.25, -0.2) is 4.79 Å². The summed E-state index contributed by atoms with van der Waals surface area (Å²) in [5, 5.41) is 15.5. The molecular weight excluding hydrogens is 310 g/mol. The maximum atomic E-state index is 12.1. The number of thiophene rings is 1. The van der Waals surface area contributed by atoms with E-state index in [1.807, 2.05) is 38.3 Å². The maximum absolute atomic E-state index is 12.1. The molecule has 1 aliphatic carbocycles. The molecule has 4 nitrogen and oxygen atoms in total. The summed E-state index contributed by atoms with van der Waals surface area (Å²) in [6.45, 7) is 5.54. The number of hydrogen-bond donors (Lipinski definition) is 2. The van der Waals surface area contributed by atoms with Gasteiger partial charge in [0.15, 0.2) is 0 Å². The third-order valence-electron chi connectivity index (χ3n) is 4.23. The number of carbonyl (C=O) groups is 1. The van der Waals surface area contributed by atoms with E-state index in [0.29, 0.717) is 5.92 Å². The van der Waals surface area contributed by atoms with Gasteiger partial charge in [0.2, 0.25) is 0 Å². The van der Waals surface area contributed by atoms with Crippen LogP contribution in [0.15, 0.2) is 17.5 Å². The van der Waals surface area contributed by atoms with E-state index in [1.165, 1.54) is 43.4 Å². The molecule has 1 fully saturated rings. The number of rotatable bonds is 5. The highest BCUT2D eigenvalue weighted by Gasteiger charge is 2.29. The minimum atomic E-state index is -0.676. The van der Waals surface area contributed by atoms with Crippen molar-refractivity contribution in [3.8, 4) is 0 Å². The molecule has 0 bridgehead atoms. The van der Waals surface area contributed by atoms with Crippen molar-refractivity contribution in [2.24, 2.45) is 5.92 Å². The average Bonchev–Trinajstić information content (AvgIpc) is 2.99. The summed E-state index contributed by atoms with van der Waals surface area (Å²) >= 11 is 1.52. The number of ether oxygens (including phenoxy) is 1. The molecule has 5 heteroatoms. The third kappa shape index (κ3) is 6.15. The first-order chi connectivity index (χ1) is 10.8. The van der Waals surface area contributed by atoms with E-state index >= 15 is 0 Å². The summed E-state index contributed by atoms with van der Waals surface area (Å²) in [4.78, 5) is 13.0. The molecule has 1 aromatic heterocycles. The fourth-order valence-corrected chi connectivity index (χ4v) is 3.94. The Labute approximate surface area is 143 Å². The Kier molecular flexibility index (Phi) is 6.48. The second kappa shape index (κ2) is 8.15. The monoisotopic (exact) mass is 339 g/mol. The van der Waals surface area contributed by atoms with E-state index in [2.05, 4.69) is 5.32 Å². The first-order valence-electron chi connectivity index (χ1n) is 8.56. The van der Waals surface area contributed by atoms with Crippen molar-refractivity contribution in [3.63, 3.8) is 0 Å². The molecule has 1 aromatic rings. The van der Waals surface area contributed by atoms with Gasteiger partial charge in [0.1, 0.15) is 11.7 Å². The molecule has 2 atom stereocenters. The molecule has 23 heavy (non-hydrogen) atoms. The highest BCUT2D eigenvalue weighted by Crippen LogP contribution is 2.32. The Hall–Kier alpha value is -1.07. The summed E-state index contributed by atoms with van der Waals surface area (Å²) in [6, 6.07) is 3.54. The van der Waals surface area contributed by atoms with Crippen molar-refractivity contribution in [1.82, 2.24) is 5.32 Å². The van der Waals surface area contributed by atoms with Gasteiger partial charge in [0, 0.05) is 4.88 Å². The second-order valence-electron chi connectivity index (χ2n) is 7.45. The van der Waals surface area contributed by atoms with Gasteiger partial charge >= 0.3 is 6.09 Å². The summed E-state index contributed by atoms with van der Waals surface area (Å²) in [6.07, 6.45) is 5.84. The summed E-state index contributed by atoms with van der Waals surface area (Å²) in [5.74, 6) is 0.568. The minimum absolute atomic E-state index is 0.299. The molecule has 1 saturated carbocycles. The molecule has 0 aromatic carbocycles. The van der Waals surface area contributed by atoms with Crippen molar-refractivity contribution < 1.29 is 14.6 Å². The fraction of sp³-hybridized carbons (Fsp3) is 0.722. The smallest absolute Gasteiger partial charge is 0.407 e. The molecule has 0 aliphatic heterocycles. The lowest BCUT2D eigenvalue weighted by Crippen LogP contribution is -2.43. The number of aliphatic hydroxyl groups excluding tert-OH is 1. The lowest BCUT2D eigenvalue weighted by molar-refractivity contribution is 0.0394. The first kappa shape index (κ1) is 18.3. The molecule has 1 aliphatic rings. The Morgan fingerprint density at radius 1 is 1.39 bits per heavy atom. The minimum Gasteiger partial charge on any atom is -0.444 e. The van der Waals surface area contributed by atoms with Gasteiger partial charge in [-0.3, -0.25) is 0 Å². The van der Waals surface area contributed by atoms with E-state index in [0.717, 1.165) is 11.3 Å². The van der Waals surface area contributed by atoms with E-state index in [-0.39, 0.29) is 6.04 Å². The molecule has 1 heterocycles. The Morgan fingerprint density at radius 2 is 2.09 bits per heavy atom.